The van der Waals surface area contributed by atoms with Crippen molar-refractivity contribution in [2.24, 2.45) is 11.8 Å². The normalized spacial score (nSPS) is 25.8. The van der Waals surface area contributed by atoms with Crippen LogP contribution in [0.4, 0.5) is 0 Å². The molecule has 1 aromatic rings. The van der Waals surface area contributed by atoms with Crippen molar-refractivity contribution in [1.29, 1.82) is 0 Å². The number of fused-ring (bicyclic) bond motifs is 1. The molecule has 4 heteroatoms. The Bertz CT molecular complexity index is 541. The van der Waals surface area contributed by atoms with E-state index in [2.05, 4.69) is 0 Å². The second-order valence-corrected chi connectivity index (χ2v) is 5.42. The topological polar surface area (TPSA) is 37.4 Å². The van der Waals surface area contributed by atoms with Crippen LogP contribution in [0, 0.1) is 11.8 Å². The Morgan fingerprint density at radius 1 is 1.05 bits per heavy atom. The molecule has 98 valence electrons. The first-order valence-electron chi connectivity index (χ1n) is 6.42. The summed E-state index contributed by atoms with van der Waals surface area (Å²) in [6, 6.07) is 7.32. The van der Waals surface area contributed by atoms with Crippen LogP contribution >= 0.6 is 11.6 Å². The van der Waals surface area contributed by atoms with Gasteiger partial charge in [-0.1, -0.05) is 42.0 Å². The summed E-state index contributed by atoms with van der Waals surface area (Å²) in [5.41, 5.74) is 0.817. The second kappa shape index (κ2) is 4.82. The minimum atomic E-state index is -0.167. The van der Waals surface area contributed by atoms with Crippen molar-refractivity contribution in [3.05, 3.63) is 47.0 Å². The molecule has 2 amide bonds. The molecule has 1 fully saturated rings. The molecule has 1 saturated heterocycles. The fourth-order valence-corrected chi connectivity index (χ4v) is 3.02. The lowest BCUT2D eigenvalue weighted by atomic mass is 9.85. The molecule has 0 N–H and O–H groups in total. The van der Waals surface area contributed by atoms with Crippen LogP contribution in [0.25, 0.3) is 0 Å². The molecule has 1 aliphatic heterocycles. The zero-order chi connectivity index (χ0) is 13.4. The molecule has 0 radical (unpaired) electrons. The van der Waals surface area contributed by atoms with Crippen molar-refractivity contribution in [3.8, 4) is 0 Å². The first-order chi connectivity index (χ1) is 9.18. The van der Waals surface area contributed by atoms with Gasteiger partial charge in [0.05, 0.1) is 18.4 Å². The van der Waals surface area contributed by atoms with E-state index in [1.54, 1.807) is 6.07 Å². The maximum atomic E-state index is 12.3. The van der Waals surface area contributed by atoms with Gasteiger partial charge in [0.2, 0.25) is 11.8 Å². The molecule has 1 aromatic carbocycles. The van der Waals surface area contributed by atoms with E-state index in [1.807, 2.05) is 30.4 Å². The predicted octanol–water partition coefficient (Wildman–Crippen LogP) is 2.79. The van der Waals surface area contributed by atoms with Crippen LogP contribution in [0.15, 0.2) is 36.4 Å². The highest BCUT2D eigenvalue weighted by Crippen LogP contribution is 2.36. The summed E-state index contributed by atoms with van der Waals surface area (Å²) >= 11 is 6.09. The van der Waals surface area contributed by atoms with Crippen LogP contribution in [-0.2, 0) is 16.1 Å². The molecule has 2 aliphatic rings. The number of likely N-dealkylation sites (tertiary alicyclic amines) is 1. The summed E-state index contributed by atoms with van der Waals surface area (Å²) in [6.45, 7) is 0.282. The van der Waals surface area contributed by atoms with Gasteiger partial charge in [-0.15, -0.1) is 0 Å². The van der Waals surface area contributed by atoms with Gasteiger partial charge in [0, 0.05) is 5.02 Å². The summed E-state index contributed by atoms with van der Waals surface area (Å²) in [6.07, 6.45) is 5.33. The van der Waals surface area contributed by atoms with Crippen molar-refractivity contribution in [1.82, 2.24) is 4.90 Å². The molecule has 3 rings (SSSR count). The zero-order valence-corrected chi connectivity index (χ0v) is 11.1. The Morgan fingerprint density at radius 2 is 1.63 bits per heavy atom. The van der Waals surface area contributed by atoms with Crippen molar-refractivity contribution in [2.45, 2.75) is 19.4 Å². The van der Waals surface area contributed by atoms with E-state index in [-0.39, 0.29) is 30.2 Å². The van der Waals surface area contributed by atoms with Gasteiger partial charge in [0.15, 0.2) is 0 Å². The number of hydrogen-bond donors (Lipinski definition) is 0. The Hall–Kier alpha value is -1.61. The Labute approximate surface area is 116 Å². The van der Waals surface area contributed by atoms with E-state index in [0.29, 0.717) is 17.9 Å². The van der Waals surface area contributed by atoms with Gasteiger partial charge in [-0.2, -0.15) is 0 Å². The average molecular weight is 276 g/mol. The molecule has 0 saturated carbocycles. The van der Waals surface area contributed by atoms with Crippen molar-refractivity contribution < 1.29 is 9.59 Å². The minimum absolute atomic E-state index is 0.0562. The number of benzene rings is 1. The maximum Gasteiger partial charge on any atom is 0.233 e. The number of nitrogens with zero attached hydrogens (tertiary/aromatic N) is 1. The molecule has 0 spiro atoms. The van der Waals surface area contributed by atoms with Gasteiger partial charge in [-0.3, -0.25) is 14.5 Å². The quantitative estimate of drug-likeness (QED) is 0.615. The lowest BCUT2D eigenvalue weighted by Gasteiger charge is -2.15. The minimum Gasteiger partial charge on any atom is -0.278 e. The fourth-order valence-electron chi connectivity index (χ4n) is 2.82. The summed E-state index contributed by atoms with van der Waals surface area (Å²) < 4.78 is 0. The summed E-state index contributed by atoms with van der Waals surface area (Å²) in [5, 5.41) is 0.594. The molecule has 1 aliphatic carbocycles. The van der Waals surface area contributed by atoms with Crippen molar-refractivity contribution in [2.75, 3.05) is 0 Å². The highest BCUT2D eigenvalue weighted by molar-refractivity contribution is 6.31. The molecule has 0 unspecified atom stereocenters. The van der Waals surface area contributed by atoms with Crippen LogP contribution in [-0.4, -0.2) is 16.7 Å². The predicted molar refractivity (Wildman–Crippen MR) is 72.4 cm³/mol. The third-order valence-electron chi connectivity index (χ3n) is 3.89. The van der Waals surface area contributed by atoms with Crippen LogP contribution in [0.3, 0.4) is 0 Å². The van der Waals surface area contributed by atoms with Crippen molar-refractivity contribution >= 4 is 23.4 Å². The van der Waals surface area contributed by atoms with E-state index in [4.69, 9.17) is 11.6 Å². The van der Waals surface area contributed by atoms with E-state index < -0.39 is 0 Å². The number of allylic oxidation sites excluding steroid dienone is 2. The number of carbonyl (C=O) groups is 2. The van der Waals surface area contributed by atoms with E-state index >= 15 is 0 Å². The lowest BCUT2D eigenvalue weighted by Crippen LogP contribution is -2.30. The third kappa shape index (κ3) is 2.08. The summed E-state index contributed by atoms with van der Waals surface area (Å²) in [5.74, 6) is -0.446. The molecule has 0 aromatic heterocycles. The molecule has 0 bridgehead atoms. The number of carbonyl (C=O) groups excluding carboxylic acids is 2. The molecule has 3 nitrogen and oxygen atoms in total. The van der Waals surface area contributed by atoms with E-state index in [9.17, 15) is 9.59 Å². The highest BCUT2D eigenvalue weighted by atomic mass is 35.5. The number of rotatable bonds is 2. The van der Waals surface area contributed by atoms with Gasteiger partial charge >= 0.3 is 0 Å². The van der Waals surface area contributed by atoms with Gasteiger partial charge in [-0.25, -0.2) is 0 Å². The molecular weight excluding hydrogens is 262 g/mol. The summed E-state index contributed by atoms with van der Waals surface area (Å²) in [4.78, 5) is 26.0. The molecule has 19 heavy (non-hydrogen) atoms. The Balaban J connectivity index is 1.85. The second-order valence-electron chi connectivity index (χ2n) is 5.01. The van der Waals surface area contributed by atoms with Crippen LogP contribution in [0.2, 0.25) is 5.02 Å². The Kier molecular flexibility index (Phi) is 3.15. The summed E-state index contributed by atoms with van der Waals surface area (Å²) in [7, 11) is 0. The van der Waals surface area contributed by atoms with E-state index in [1.165, 1.54) is 4.90 Å². The van der Waals surface area contributed by atoms with Gasteiger partial charge in [-0.05, 0) is 24.5 Å². The zero-order valence-electron chi connectivity index (χ0n) is 10.4. The number of halogens is 1. The van der Waals surface area contributed by atoms with Crippen LogP contribution in [0.5, 0.6) is 0 Å². The largest absolute Gasteiger partial charge is 0.278 e. The van der Waals surface area contributed by atoms with Crippen LogP contribution in [0.1, 0.15) is 18.4 Å². The standard InChI is InChI=1S/C15H14ClNO2/c16-13-8-4-1-5-10(13)9-17-14(18)11-6-2-3-7-12(11)15(17)19/h1-5,8,11-12H,6-7,9H2/t11-,12-/m0/s1. The van der Waals surface area contributed by atoms with E-state index in [0.717, 1.165) is 5.56 Å². The lowest BCUT2D eigenvalue weighted by molar-refractivity contribution is -0.140. The first kappa shape index (κ1) is 12.4. The first-order valence-corrected chi connectivity index (χ1v) is 6.80. The van der Waals surface area contributed by atoms with Gasteiger partial charge < -0.3 is 0 Å². The van der Waals surface area contributed by atoms with Gasteiger partial charge in [0.1, 0.15) is 0 Å². The molecule has 2 atom stereocenters. The molecule has 1 heterocycles. The number of imide groups is 1. The van der Waals surface area contributed by atoms with Crippen LogP contribution < -0.4 is 0 Å². The average Bonchev–Trinajstić information content (AvgIpc) is 2.67. The fraction of sp³-hybridized carbons (Fsp3) is 0.333. The SMILES string of the molecule is O=C1[C@H]2CC=CC[C@@H]2C(=O)N1Cc1ccccc1Cl. The maximum absolute atomic E-state index is 12.3. The Morgan fingerprint density at radius 3 is 2.21 bits per heavy atom. The smallest absolute Gasteiger partial charge is 0.233 e. The number of amides is 2. The number of hydrogen-bond acceptors (Lipinski definition) is 2. The molecular formula is C15H14ClNO2. The highest BCUT2D eigenvalue weighted by Gasteiger charge is 2.47. The van der Waals surface area contributed by atoms with Crippen molar-refractivity contribution in [3.63, 3.8) is 0 Å². The van der Waals surface area contributed by atoms with Gasteiger partial charge in [0.25, 0.3) is 0 Å². The third-order valence-corrected chi connectivity index (χ3v) is 4.25. The monoisotopic (exact) mass is 275 g/mol.